The molecule has 1 saturated carbocycles. The van der Waals surface area contributed by atoms with Crippen LogP contribution in [0.2, 0.25) is 0 Å². The monoisotopic (exact) mass is 154 g/mol. The minimum atomic E-state index is 0.273. The molecule has 2 rings (SSSR count). The number of ether oxygens (including phenoxy) is 1. The maximum absolute atomic E-state index is 11.1. The summed E-state index contributed by atoms with van der Waals surface area (Å²) in [5, 5.41) is 0. The molecule has 2 fully saturated rings. The number of ketones is 1. The van der Waals surface area contributed by atoms with E-state index in [-0.39, 0.29) is 5.41 Å². The maximum Gasteiger partial charge on any atom is 0.133 e. The molecule has 1 heterocycles. The molecule has 1 aliphatic carbocycles. The fourth-order valence-electron chi connectivity index (χ4n) is 2.25. The first-order valence-electron chi connectivity index (χ1n) is 4.40. The predicted molar refractivity (Wildman–Crippen MR) is 41.3 cm³/mol. The van der Waals surface area contributed by atoms with Crippen molar-refractivity contribution in [2.75, 3.05) is 13.2 Å². The zero-order chi connectivity index (χ0) is 7.73. The Kier molecular flexibility index (Phi) is 1.72. The Morgan fingerprint density at radius 2 is 2.27 bits per heavy atom. The van der Waals surface area contributed by atoms with Gasteiger partial charge in [0.2, 0.25) is 0 Å². The van der Waals surface area contributed by atoms with E-state index in [4.69, 9.17) is 4.74 Å². The van der Waals surface area contributed by atoms with Crippen LogP contribution in [0.3, 0.4) is 0 Å². The van der Waals surface area contributed by atoms with Crippen LogP contribution in [-0.2, 0) is 9.53 Å². The summed E-state index contributed by atoms with van der Waals surface area (Å²) < 4.78 is 5.40. The third kappa shape index (κ3) is 1.32. The van der Waals surface area contributed by atoms with Gasteiger partial charge in [-0.3, -0.25) is 4.79 Å². The summed E-state index contributed by atoms with van der Waals surface area (Å²) in [6.45, 7) is 1.73. The molecule has 0 aromatic heterocycles. The van der Waals surface area contributed by atoms with Crippen LogP contribution in [0.5, 0.6) is 0 Å². The normalized spacial score (nSPS) is 38.4. The van der Waals surface area contributed by atoms with Crippen LogP contribution in [0.1, 0.15) is 32.1 Å². The van der Waals surface area contributed by atoms with E-state index in [0.717, 1.165) is 38.9 Å². The van der Waals surface area contributed by atoms with Gasteiger partial charge in [0, 0.05) is 24.9 Å². The third-order valence-electron chi connectivity index (χ3n) is 2.91. The molecule has 1 saturated heterocycles. The van der Waals surface area contributed by atoms with Gasteiger partial charge < -0.3 is 4.74 Å². The average molecular weight is 154 g/mol. The Morgan fingerprint density at radius 3 is 2.82 bits per heavy atom. The summed E-state index contributed by atoms with van der Waals surface area (Å²) in [5.74, 6) is 0.440. The van der Waals surface area contributed by atoms with E-state index < -0.39 is 0 Å². The molecule has 11 heavy (non-hydrogen) atoms. The molecule has 0 radical (unpaired) electrons. The standard InChI is InChI=1S/C9H14O2/c10-8-2-4-9(6-8)3-1-5-11-7-9/h1-7H2. The molecule has 1 unspecified atom stereocenters. The van der Waals surface area contributed by atoms with Crippen LogP contribution in [0.4, 0.5) is 0 Å². The molecule has 62 valence electrons. The Labute approximate surface area is 66.9 Å². The largest absolute Gasteiger partial charge is 0.381 e. The van der Waals surface area contributed by atoms with E-state index >= 15 is 0 Å². The number of Topliss-reactive ketones (excluding diaryl/α,β-unsaturated/α-hetero) is 1. The lowest BCUT2D eigenvalue weighted by Crippen LogP contribution is -2.29. The van der Waals surface area contributed by atoms with E-state index in [0.29, 0.717) is 5.78 Å². The molecule has 2 nitrogen and oxygen atoms in total. The predicted octanol–water partition coefficient (Wildman–Crippen LogP) is 1.54. The highest BCUT2D eigenvalue weighted by atomic mass is 16.5. The van der Waals surface area contributed by atoms with Crippen LogP contribution < -0.4 is 0 Å². The summed E-state index contributed by atoms with van der Waals surface area (Å²) in [4.78, 5) is 11.1. The Balaban J connectivity index is 2.03. The lowest BCUT2D eigenvalue weighted by atomic mass is 9.81. The fraction of sp³-hybridized carbons (Fsp3) is 0.889. The molecular formula is C9H14O2. The number of hydrogen-bond donors (Lipinski definition) is 0. The third-order valence-corrected chi connectivity index (χ3v) is 2.91. The van der Waals surface area contributed by atoms with Gasteiger partial charge in [0.05, 0.1) is 6.61 Å². The number of hydrogen-bond acceptors (Lipinski definition) is 2. The highest BCUT2D eigenvalue weighted by molar-refractivity contribution is 5.81. The van der Waals surface area contributed by atoms with E-state index in [1.54, 1.807) is 0 Å². The highest BCUT2D eigenvalue weighted by Gasteiger charge is 2.39. The van der Waals surface area contributed by atoms with Gasteiger partial charge in [0.1, 0.15) is 5.78 Å². The highest BCUT2D eigenvalue weighted by Crippen LogP contribution is 2.42. The molecule has 0 aromatic carbocycles. The summed E-state index contributed by atoms with van der Waals surface area (Å²) in [6.07, 6.45) is 5.01. The molecule has 1 spiro atoms. The second kappa shape index (κ2) is 2.59. The van der Waals surface area contributed by atoms with Crippen molar-refractivity contribution in [3.63, 3.8) is 0 Å². The summed E-state index contributed by atoms with van der Waals surface area (Å²) in [5.41, 5.74) is 0.273. The van der Waals surface area contributed by atoms with Crippen molar-refractivity contribution in [2.45, 2.75) is 32.1 Å². The second-order valence-electron chi connectivity index (χ2n) is 3.87. The van der Waals surface area contributed by atoms with Gasteiger partial charge in [-0.25, -0.2) is 0 Å². The van der Waals surface area contributed by atoms with Crippen molar-refractivity contribution in [1.82, 2.24) is 0 Å². The number of carbonyl (C=O) groups is 1. The number of carbonyl (C=O) groups excluding carboxylic acids is 1. The summed E-state index contributed by atoms with van der Waals surface area (Å²) in [7, 11) is 0. The molecule has 1 atom stereocenters. The quantitative estimate of drug-likeness (QED) is 0.529. The number of rotatable bonds is 0. The van der Waals surface area contributed by atoms with Gasteiger partial charge >= 0.3 is 0 Å². The van der Waals surface area contributed by atoms with Gasteiger partial charge in [0.25, 0.3) is 0 Å². The molecule has 1 aliphatic heterocycles. The van der Waals surface area contributed by atoms with Gasteiger partial charge in [-0.2, -0.15) is 0 Å². The van der Waals surface area contributed by atoms with E-state index in [9.17, 15) is 4.79 Å². The minimum absolute atomic E-state index is 0.273. The van der Waals surface area contributed by atoms with Crippen LogP contribution in [-0.4, -0.2) is 19.0 Å². The van der Waals surface area contributed by atoms with Crippen LogP contribution in [0.25, 0.3) is 0 Å². The lowest BCUT2D eigenvalue weighted by molar-refractivity contribution is -0.118. The van der Waals surface area contributed by atoms with Crippen molar-refractivity contribution in [3.8, 4) is 0 Å². The molecule has 0 aromatic rings. The molecule has 0 N–H and O–H groups in total. The fourth-order valence-corrected chi connectivity index (χ4v) is 2.25. The van der Waals surface area contributed by atoms with Crippen molar-refractivity contribution in [1.29, 1.82) is 0 Å². The van der Waals surface area contributed by atoms with Gasteiger partial charge in [-0.05, 0) is 19.3 Å². The first kappa shape index (κ1) is 7.29. The maximum atomic E-state index is 11.1. The molecule has 0 bridgehead atoms. The van der Waals surface area contributed by atoms with Crippen LogP contribution in [0, 0.1) is 5.41 Å². The first-order chi connectivity index (χ1) is 5.31. The Morgan fingerprint density at radius 1 is 1.36 bits per heavy atom. The smallest absolute Gasteiger partial charge is 0.133 e. The second-order valence-corrected chi connectivity index (χ2v) is 3.87. The van der Waals surface area contributed by atoms with Gasteiger partial charge in [-0.15, -0.1) is 0 Å². The summed E-state index contributed by atoms with van der Waals surface area (Å²) in [6, 6.07) is 0. The van der Waals surface area contributed by atoms with Gasteiger partial charge in [0.15, 0.2) is 0 Å². The molecule has 2 aliphatic rings. The van der Waals surface area contributed by atoms with Crippen molar-refractivity contribution in [3.05, 3.63) is 0 Å². The van der Waals surface area contributed by atoms with Gasteiger partial charge in [-0.1, -0.05) is 0 Å². The lowest BCUT2D eigenvalue weighted by Gasteiger charge is -2.31. The summed E-state index contributed by atoms with van der Waals surface area (Å²) >= 11 is 0. The molecule has 2 heteroatoms. The van der Waals surface area contributed by atoms with Crippen molar-refractivity contribution < 1.29 is 9.53 Å². The van der Waals surface area contributed by atoms with E-state index in [2.05, 4.69) is 0 Å². The van der Waals surface area contributed by atoms with Crippen LogP contribution >= 0.6 is 0 Å². The molecular weight excluding hydrogens is 140 g/mol. The first-order valence-corrected chi connectivity index (χ1v) is 4.40. The van der Waals surface area contributed by atoms with E-state index in [1.165, 1.54) is 6.42 Å². The average Bonchev–Trinajstić information content (AvgIpc) is 2.34. The van der Waals surface area contributed by atoms with Crippen LogP contribution in [0.15, 0.2) is 0 Å². The zero-order valence-corrected chi connectivity index (χ0v) is 6.77. The zero-order valence-electron chi connectivity index (χ0n) is 6.77. The topological polar surface area (TPSA) is 26.3 Å². The Bertz CT molecular complexity index is 168. The van der Waals surface area contributed by atoms with E-state index in [1.807, 2.05) is 0 Å². The SMILES string of the molecule is O=C1CCC2(CCCOC2)C1. The minimum Gasteiger partial charge on any atom is -0.381 e. The van der Waals surface area contributed by atoms with Crippen molar-refractivity contribution >= 4 is 5.78 Å². The Hall–Kier alpha value is -0.370. The van der Waals surface area contributed by atoms with Crippen molar-refractivity contribution in [2.24, 2.45) is 5.41 Å². The molecule has 0 amide bonds.